The number of benzene rings is 2. The van der Waals surface area contributed by atoms with Gasteiger partial charge >= 0.3 is 0 Å². The molecule has 0 atom stereocenters. The fourth-order valence-corrected chi connectivity index (χ4v) is 3.72. The third-order valence-corrected chi connectivity index (χ3v) is 5.34. The number of rotatable bonds is 6. The summed E-state index contributed by atoms with van der Waals surface area (Å²) in [4.78, 5) is 13.7. The van der Waals surface area contributed by atoms with E-state index in [1.54, 1.807) is 26.1 Å². The van der Waals surface area contributed by atoms with Gasteiger partial charge in [0.15, 0.2) is 0 Å². The van der Waals surface area contributed by atoms with E-state index >= 15 is 0 Å². The fourth-order valence-electron chi connectivity index (χ4n) is 3.72. The third kappa shape index (κ3) is 4.89. The lowest BCUT2D eigenvalue weighted by Gasteiger charge is -2.23. The summed E-state index contributed by atoms with van der Waals surface area (Å²) in [6, 6.07) is 14.7. The first-order valence-electron chi connectivity index (χ1n) is 9.81. The molecule has 3 rings (SSSR count). The lowest BCUT2D eigenvalue weighted by molar-refractivity contribution is 0.0827. The number of nitrogens with one attached hydrogen (secondary N) is 1. The van der Waals surface area contributed by atoms with Gasteiger partial charge in [0.2, 0.25) is 0 Å². The van der Waals surface area contributed by atoms with Crippen molar-refractivity contribution in [1.82, 2.24) is 10.2 Å². The third-order valence-electron chi connectivity index (χ3n) is 5.34. The molecule has 2 aromatic rings. The maximum absolute atomic E-state index is 12.1. The standard InChI is InChI=1S/C23H30N2O2/c1-25(2)23(26)18-11-9-17(10-12-18)19-13-14-22(27-3)20(15-19)16-24-21-7-5-4-6-8-21/h9-15,21,24H,4-8,16H2,1-3H3. The first-order valence-corrected chi connectivity index (χ1v) is 9.81. The van der Waals surface area contributed by atoms with Crippen LogP contribution in [0.4, 0.5) is 0 Å². The first kappa shape index (κ1) is 19.4. The van der Waals surface area contributed by atoms with Gasteiger partial charge in [0.1, 0.15) is 5.75 Å². The summed E-state index contributed by atoms with van der Waals surface area (Å²) >= 11 is 0. The molecule has 27 heavy (non-hydrogen) atoms. The zero-order chi connectivity index (χ0) is 19.2. The molecule has 1 fully saturated rings. The van der Waals surface area contributed by atoms with Gasteiger partial charge in [-0.2, -0.15) is 0 Å². The Morgan fingerprint density at radius 2 is 1.70 bits per heavy atom. The number of carbonyl (C=O) groups excluding carboxylic acids is 1. The molecule has 0 heterocycles. The normalized spacial score (nSPS) is 14.8. The highest BCUT2D eigenvalue weighted by Gasteiger charge is 2.14. The summed E-state index contributed by atoms with van der Waals surface area (Å²) < 4.78 is 5.56. The van der Waals surface area contributed by atoms with Gasteiger partial charge in [-0.05, 0) is 48.2 Å². The van der Waals surface area contributed by atoms with Gasteiger partial charge in [0.05, 0.1) is 7.11 Å². The Morgan fingerprint density at radius 3 is 2.33 bits per heavy atom. The van der Waals surface area contributed by atoms with Crippen molar-refractivity contribution in [3.63, 3.8) is 0 Å². The maximum atomic E-state index is 12.1. The Hall–Kier alpha value is -2.33. The quantitative estimate of drug-likeness (QED) is 0.819. The summed E-state index contributed by atoms with van der Waals surface area (Å²) in [6.07, 6.45) is 6.55. The molecule has 0 saturated heterocycles. The van der Waals surface area contributed by atoms with Crippen LogP contribution in [0.3, 0.4) is 0 Å². The average molecular weight is 367 g/mol. The number of hydrogen-bond donors (Lipinski definition) is 1. The van der Waals surface area contributed by atoms with E-state index < -0.39 is 0 Å². The maximum Gasteiger partial charge on any atom is 0.253 e. The molecule has 4 nitrogen and oxygen atoms in total. The van der Waals surface area contributed by atoms with Gasteiger partial charge < -0.3 is 15.0 Å². The molecule has 0 unspecified atom stereocenters. The van der Waals surface area contributed by atoms with Crippen molar-refractivity contribution < 1.29 is 9.53 Å². The first-order chi connectivity index (χ1) is 13.1. The van der Waals surface area contributed by atoms with Crippen LogP contribution in [-0.2, 0) is 6.54 Å². The molecule has 1 N–H and O–H groups in total. The SMILES string of the molecule is COc1ccc(-c2ccc(C(=O)N(C)C)cc2)cc1CNC1CCCCC1. The second kappa shape index (κ2) is 9.05. The molecular weight excluding hydrogens is 336 g/mol. The molecule has 2 aromatic carbocycles. The highest BCUT2D eigenvalue weighted by atomic mass is 16.5. The van der Waals surface area contributed by atoms with Gasteiger partial charge in [0, 0.05) is 37.8 Å². The summed E-state index contributed by atoms with van der Waals surface area (Å²) in [6.45, 7) is 0.818. The number of ether oxygens (including phenoxy) is 1. The highest BCUT2D eigenvalue weighted by Crippen LogP contribution is 2.28. The Balaban J connectivity index is 1.76. The number of amides is 1. The van der Waals surface area contributed by atoms with Crippen molar-refractivity contribution in [1.29, 1.82) is 0 Å². The van der Waals surface area contributed by atoms with Crippen molar-refractivity contribution in [2.75, 3.05) is 21.2 Å². The molecule has 0 spiro atoms. The summed E-state index contributed by atoms with van der Waals surface area (Å²) in [7, 11) is 5.26. The molecule has 0 radical (unpaired) electrons. The van der Waals surface area contributed by atoms with E-state index in [0.717, 1.165) is 23.4 Å². The molecule has 0 aliphatic heterocycles. The Bertz CT molecular complexity index is 762. The summed E-state index contributed by atoms with van der Waals surface area (Å²) in [5.74, 6) is 0.940. The fraction of sp³-hybridized carbons (Fsp3) is 0.435. The molecular formula is C23H30N2O2. The summed E-state index contributed by atoms with van der Waals surface area (Å²) in [5, 5.41) is 3.70. The molecule has 1 aliphatic rings. The Kier molecular flexibility index (Phi) is 6.51. The Morgan fingerprint density at radius 1 is 1.04 bits per heavy atom. The minimum atomic E-state index is 0.0219. The van der Waals surface area contributed by atoms with Crippen LogP contribution in [0.5, 0.6) is 5.75 Å². The van der Waals surface area contributed by atoms with Gasteiger partial charge in [0.25, 0.3) is 5.91 Å². The van der Waals surface area contributed by atoms with E-state index in [2.05, 4.69) is 17.4 Å². The molecule has 1 saturated carbocycles. The van der Waals surface area contributed by atoms with Crippen LogP contribution >= 0.6 is 0 Å². The van der Waals surface area contributed by atoms with Crippen molar-refractivity contribution >= 4 is 5.91 Å². The van der Waals surface area contributed by atoms with Gasteiger partial charge in [-0.1, -0.05) is 37.5 Å². The summed E-state index contributed by atoms with van der Waals surface area (Å²) in [5.41, 5.74) is 4.12. The van der Waals surface area contributed by atoms with Crippen LogP contribution in [-0.4, -0.2) is 38.1 Å². The topological polar surface area (TPSA) is 41.6 Å². The predicted octanol–water partition coefficient (Wildman–Crippen LogP) is 4.49. The average Bonchev–Trinajstić information content (AvgIpc) is 2.72. The van der Waals surface area contributed by atoms with E-state index in [1.165, 1.54) is 37.7 Å². The van der Waals surface area contributed by atoms with Crippen LogP contribution in [0, 0.1) is 0 Å². The van der Waals surface area contributed by atoms with Crippen molar-refractivity contribution in [3.8, 4) is 16.9 Å². The second-order valence-corrected chi connectivity index (χ2v) is 7.52. The lowest BCUT2D eigenvalue weighted by atomic mass is 9.95. The predicted molar refractivity (Wildman–Crippen MR) is 110 cm³/mol. The lowest BCUT2D eigenvalue weighted by Crippen LogP contribution is -2.30. The minimum Gasteiger partial charge on any atom is -0.496 e. The van der Waals surface area contributed by atoms with Crippen LogP contribution in [0.2, 0.25) is 0 Å². The van der Waals surface area contributed by atoms with Crippen molar-refractivity contribution in [2.24, 2.45) is 0 Å². The Labute approximate surface area is 162 Å². The van der Waals surface area contributed by atoms with Crippen LogP contribution < -0.4 is 10.1 Å². The van der Waals surface area contributed by atoms with E-state index in [1.807, 2.05) is 30.3 Å². The number of carbonyl (C=O) groups is 1. The second-order valence-electron chi connectivity index (χ2n) is 7.52. The zero-order valence-corrected chi connectivity index (χ0v) is 16.6. The van der Waals surface area contributed by atoms with E-state index in [4.69, 9.17) is 4.74 Å². The van der Waals surface area contributed by atoms with Crippen LogP contribution in [0.1, 0.15) is 48.0 Å². The minimum absolute atomic E-state index is 0.0219. The van der Waals surface area contributed by atoms with Gasteiger partial charge in [-0.15, -0.1) is 0 Å². The largest absolute Gasteiger partial charge is 0.496 e. The molecule has 4 heteroatoms. The van der Waals surface area contributed by atoms with Crippen molar-refractivity contribution in [2.45, 2.75) is 44.7 Å². The zero-order valence-electron chi connectivity index (χ0n) is 16.6. The van der Waals surface area contributed by atoms with Gasteiger partial charge in [-0.3, -0.25) is 4.79 Å². The molecule has 1 amide bonds. The highest BCUT2D eigenvalue weighted by molar-refractivity contribution is 5.94. The number of methoxy groups -OCH3 is 1. The van der Waals surface area contributed by atoms with Crippen LogP contribution in [0.25, 0.3) is 11.1 Å². The molecule has 0 aromatic heterocycles. The molecule has 144 valence electrons. The van der Waals surface area contributed by atoms with E-state index in [0.29, 0.717) is 11.6 Å². The van der Waals surface area contributed by atoms with E-state index in [9.17, 15) is 4.79 Å². The molecule has 1 aliphatic carbocycles. The van der Waals surface area contributed by atoms with E-state index in [-0.39, 0.29) is 5.91 Å². The molecule has 0 bridgehead atoms. The van der Waals surface area contributed by atoms with Crippen molar-refractivity contribution in [3.05, 3.63) is 53.6 Å². The monoisotopic (exact) mass is 366 g/mol. The number of nitrogens with zero attached hydrogens (tertiary/aromatic N) is 1. The smallest absolute Gasteiger partial charge is 0.253 e. The van der Waals surface area contributed by atoms with Crippen LogP contribution in [0.15, 0.2) is 42.5 Å². The number of hydrogen-bond acceptors (Lipinski definition) is 3. The van der Waals surface area contributed by atoms with Gasteiger partial charge in [-0.25, -0.2) is 0 Å².